The Morgan fingerprint density at radius 3 is 2.31 bits per heavy atom. The average Bonchev–Trinajstić information content (AvgIpc) is 3.22. The summed E-state index contributed by atoms with van der Waals surface area (Å²) in [6, 6.07) is 13.6. The van der Waals surface area contributed by atoms with Gasteiger partial charge >= 0.3 is 0 Å². The smallest absolute Gasteiger partial charge is 0.230 e. The van der Waals surface area contributed by atoms with Crippen LogP contribution in [0, 0.1) is 17.3 Å². The average molecular weight is 436 g/mol. The minimum Gasteiger partial charge on any atom is -0.390 e. The lowest BCUT2D eigenvalue weighted by molar-refractivity contribution is -0.123. The number of carbonyl (C=O) groups excluding carboxylic acids is 2. The Kier molecular flexibility index (Phi) is 6.19. The largest absolute Gasteiger partial charge is 0.390 e. The third-order valence-electron chi connectivity index (χ3n) is 6.69. The lowest BCUT2D eigenvalue weighted by Gasteiger charge is -2.26. The van der Waals surface area contributed by atoms with E-state index in [1.165, 1.54) is 11.8 Å². The minimum absolute atomic E-state index is 0.0331. The summed E-state index contributed by atoms with van der Waals surface area (Å²) in [4.78, 5) is 31.3. The highest BCUT2D eigenvalue weighted by molar-refractivity contribution is 5.98. The highest BCUT2D eigenvalue weighted by Crippen LogP contribution is 2.45. The lowest BCUT2D eigenvalue weighted by atomic mass is 9.91. The summed E-state index contributed by atoms with van der Waals surface area (Å²) < 4.78 is 0. The zero-order chi connectivity index (χ0) is 22.9. The molecule has 1 saturated carbocycles. The molecule has 2 N–H and O–H groups in total. The zero-order valence-electron chi connectivity index (χ0n) is 19.2. The fraction of sp³-hybridized carbons (Fsp3) is 0.500. The monoisotopic (exact) mass is 435 g/mol. The van der Waals surface area contributed by atoms with Gasteiger partial charge in [0.25, 0.3) is 0 Å². The Labute approximate surface area is 190 Å². The first-order chi connectivity index (χ1) is 15.1. The molecule has 1 aromatic heterocycles. The van der Waals surface area contributed by atoms with Crippen LogP contribution in [0.1, 0.15) is 49.5 Å². The number of amides is 1. The first kappa shape index (κ1) is 22.6. The molecule has 1 saturated heterocycles. The number of hydrogen-bond acceptors (Lipinski definition) is 5. The van der Waals surface area contributed by atoms with E-state index in [1.807, 2.05) is 39.0 Å². The van der Waals surface area contributed by atoms with Crippen LogP contribution in [0.3, 0.4) is 0 Å². The molecule has 2 aliphatic rings. The van der Waals surface area contributed by atoms with Crippen LogP contribution in [0.25, 0.3) is 0 Å². The predicted molar refractivity (Wildman–Crippen MR) is 124 cm³/mol. The van der Waals surface area contributed by atoms with Gasteiger partial charge in [0.15, 0.2) is 5.78 Å². The van der Waals surface area contributed by atoms with Gasteiger partial charge in [-0.2, -0.15) is 0 Å². The van der Waals surface area contributed by atoms with E-state index < -0.39 is 11.0 Å². The molecule has 3 atom stereocenters. The predicted octanol–water partition coefficient (Wildman–Crippen LogP) is 3.56. The van der Waals surface area contributed by atoms with Crippen LogP contribution < -0.4 is 5.32 Å². The second kappa shape index (κ2) is 8.75. The molecule has 0 spiro atoms. The van der Waals surface area contributed by atoms with Crippen LogP contribution in [0.15, 0.2) is 48.7 Å². The Balaban J connectivity index is 1.28. The van der Waals surface area contributed by atoms with Gasteiger partial charge in [-0.25, -0.2) is 4.98 Å². The van der Waals surface area contributed by atoms with Crippen molar-refractivity contribution >= 4 is 17.5 Å². The third kappa shape index (κ3) is 5.25. The number of aliphatic hydroxyl groups is 1. The molecule has 2 aromatic rings. The number of rotatable bonds is 6. The number of anilines is 1. The van der Waals surface area contributed by atoms with Crippen LogP contribution in [-0.4, -0.2) is 51.9 Å². The van der Waals surface area contributed by atoms with Crippen molar-refractivity contribution in [2.24, 2.45) is 17.3 Å². The Morgan fingerprint density at radius 2 is 1.75 bits per heavy atom. The number of nitrogens with zero attached hydrogens (tertiary/aromatic N) is 2. The summed E-state index contributed by atoms with van der Waals surface area (Å²) in [5.41, 5.74) is 0.592. The quantitative estimate of drug-likeness (QED) is 0.678. The topological polar surface area (TPSA) is 82.5 Å². The molecule has 1 aliphatic carbocycles. The lowest BCUT2D eigenvalue weighted by Crippen LogP contribution is -2.34. The molecule has 6 heteroatoms. The summed E-state index contributed by atoms with van der Waals surface area (Å²) in [7, 11) is 0. The summed E-state index contributed by atoms with van der Waals surface area (Å²) in [6.45, 7) is 7.58. The Hall–Kier alpha value is -2.57. The fourth-order valence-corrected chi connectivity index (χ4v) is 5.04. The SMILES string of the molecule is CC(C)(C)C(=O)Nc1ccc(C(=O)CN2C[C@@H]3CC(O)(Cc4ccccc4)C[C@@H]3C2)cn1. The summed E-state index contributed by atoms with van der Waals surface area (Å²) in [5, 5.41) is 13.9. The standard InChI is InChI=1S/C26H33N3O3/c1-25(2,3)24(31)28-23-10-9-19(14-27-23)22(30)17-29-15-20-12-26(32,13-21(20)16-29)11-18-7-5-4-6-8-18/h4-10,14,20-21,32H,11-13,15-17H2,1-3H3,(H,27,28,31)/t20-,21+,26?. The Morgan fingerprint density at radius 1 is 1.09 bits per heavy atom. The van der Waals surface area contributed by atoms with Crippen molar-refractivity contribution in [2.75, 3.05) is 25.0 Å². The van der Waals surface area contributed by atoms with Crippen molar-refractivity contribution in [3.05, 3.63) is 59.8 Å². The van der Waals surface area contributed by atoms with E-state index in [2.05, 4.69) is 27.3 Å². The molecule has 1 amide bonds. The van der Waals surface area contributed by atoms with Gasteiger partial charge in [0.2, 0.25) is 5.91 Å². The number of aromatic nitrogens is 1. The van der Waals surface area contributed by atoms with E-state index in [1.54, 1.807) is 12.1 Å². The number of likely N-dealkylation sites (tertiary alicyclic amines) is 1. The number of ketones is 1. The maximum absolute atomic E-state index is 12.8. The second-order valence-electron chi connectivity index (χ2n) is 10.6. The maximum Gasteiger partial charge on any atom is 0.230 e. The number of nitrogens with one attached hydrogen (secondary N) is 1. The molecular formula is C26H33N3O3. The maximum atomic E-state index is 12.8. The van der Waals surface area contributed by atoms with Crippen LogP contribution in [0.2, 0.25) is 0 Å². The molecule has 2 heterocycles. The van der Waals surface area contributed by atoms with Gasteiger partial charge in [-0.1, -0.05) is 51.1 Å². The molecule has 32 heavy (non-hydrogen) atoms. The van der Waals surface area contributed by atoms with Crippen LogP contribution in [-0.2, 0) is 11.2 Å². The zero-order valence-corrected chi connectivity index (χ0v) is 19.2. The van der Waals surface area contributed by atoms with Gasteiger partial charge in [-0.05, 0) is 42.4 Å². The highest BCUT2D eigenvalue weighted by atomic mass is 16.3. The summed E-state index contributed by atoms with van der Waals surface area (Å²) in [5.74, 6) is 1.25. The van der Waals surface area contributed by atoms with Crippen LogP contribution in [0.4, 0.5) is 5.82 Å². The molecule has 2 fully saturated rings. The van der Waals surface area contributed by atoms with Gasteiger partial charge in [0.05, 0.1) is 12.1 Å². The molecule has 4 rings (SSSR count). The first-order valence-corrected chi connectivity index (χ1v) is 11.4. The number of hydrogen-bond donors (Lipinski definition) is 2. The van der Waals surface area contributed by atoms with E-state index in [9.17, 15) is 14.7 Å². The molecule has 170 valence electrons. The van der Waals surface area contributed by atoms with Crippen molar-refractivity contribution < 1.29 is 14.7 Å². The summed E-state index contributed by atoms with van der Waals surface area (Å²) >= 11 is 0. The van der Waals surface area contributed by atoms with Crippen molar-refractivity contribution in [2.45, 2.75) is 45.6 Å². The van der Waals surface area contributed by atoms with Gasteiger partial charge in [-0.15, -0.1) is 0 Å². The number of pyridine rings is 1. The normalized spacial score (nSPS) is 25.5. The molecule has 0 bridgehead atoms. The molecule has 1 aromatic carbocycles. The fourth-order valence-electron chi connectivity index (χ4n) is 5.04. The van der Waals surface area contributed by atoms with Gasteiger partial charge < -0.3 is 10.4 Å². The van der Waals surface area contributed by atoms with Crippen LogP contribution in [0.5, 0.6) is 0 Å². The molecule has 0 radical (unpaired) electrons. The molecule has 1 unspecified atom stereocenters. The van der Waals surface area contributed by atoms with Crippen molar-refractivity contribution in [1.29, 1.82) is 0 Å². The number of Topliss-reactive ketones (excluding diaryl/α,β-unsaturated/α-hetero) is 1. The van der Waals surface area contributed by atoms with Crippen molar-refractivity contribution in [3.63, 3.8) is 0 Å². The minimum atomic E-state index is -0.635. The highest BCUT2D eigenvalue weighted by Gasteiger charge is 2.48. The van der Waals surface area contributed by atoms with Crippen LogP contribution >= 0.6 is 0 Å². The van der Waals surface area contributed by atoms with E-state index >= 15 is 0 Å². The third-order valence-corrected chi connectivity index (χ3v) is 6.69. The molecule has 1 aliphatic heterocycles. The van der Waals surface area contributed by atoms with E-state index in [-0.39, 0.29) is 11.7 Å². The van der Waals surface area contributed by atoms with Gasteiger partial charge in [0.1, 0.15) is 5.82 Å². The van der Waals surface area contributed by atoms with Gasteiger partial charge in [-0.3, -0.25) is 14.5 Å². The number of benzene rings is 1. The number of fused-ring (bicyclic) bond motifs is 1. The number of carbonyl (C=O) groups is 2. The summed E-state index contributed by atoms with van der Waals surface area (Å²) in [6.07, 6.45) is 3.82. The Bertz CT molecular complexity index is 952. The molecular weight excluding hydrogens is 402 g/mol. The van der Waals surface area contributed by atoms with E-state index in [0.717, 1.165) is 25.9 Å². The van der Waals surface area contributed by atoms with Crippen molar-refractivity contribution in [1.82, 2.24) is 9.88 Å². The van der Waals surface area contributed by atoms with Crippen molar-refractivity contribution in [3.8, 4) is 0 Å². The first-order valence-electron chi connectivity index (χ1n) is 11.4. The van der Waals surface area contributed by atoms with E-state index in [0.29, 0.717) is 36.2 Å². The molecule has 6 nitrogen and oxygen atoms in total. The van der Waals surface area contributed by atoms with E-state index in [4.69, 9.17) is 0 Å². The van der Waals surface area contributed by atoms with Gasteiger partial charge in [0, 0.05) is 36.7 Å². The second-order valence-corrected chi connectivity index (χ2v) is 10.6.